The van der Waals surface area contributed by atoms with Gasteiger partial charge in [-0.2, -0.15) is 5.10 Å². The second-order valence-electron chi connectivity index (χ2n) is 6.13. The van der Waals surface area contributed by atoms with Gasteiger partial charge in [-0.3, -0.25) is 15.0 Å². The number of hydrogen-bond acceptors (Lipinski definition) is 4. The number of rotatable bonds is 4. The molecule has 3 heterocycles. The molecule has 2 aromatic rings. The van der Waals surface area contributed by atoms with Gasteiger partial charge >= 0.3 is 0 Å². The molecule has 2 aliphatic rings. The molecule has 1 N–H and O–H groups in total. The summed E-state index contributed by atoms with van der Waals surface area (Å²) in [5.74, 6) is 0.892. The van der Waals surface area contributed by atoms with Gasteiger partial charge in [-0.05, 0) is 49.6 Å². The van der Waals surface area contributed by atoms with Gasteiger partial charge in [0.15, 0.2) is 0 Å². The van der Waals surface area contributed by atoms with Crippen molar-refractivity contribution in [2.24, 2.45) is 4.99 Å². The van der Waals surface area contributed by atoms with Crippen LogP contribution in [-0.2, 0) is 0 Å². The average Bonchev–Trinajstić information content (AvgIpc) is 3.25. The van der Waals surface area contributed by atoms with Crippen LogP contribution in [0.5, 0.6) is 5.75 Å². The van der Waals surface area contributed by atoms with Crippen molar-refractivity contribution in [1.29, 1.82) is 0 Å². The molecule has 1 aromatic carbocycles. The van der Waals surface area contributed by atoms with Gasteiger partial charge in [0.25, 0.3) is 0 Å². The van der Waals surface area contributed by atoms with Gasteiger partial charge in [0, 0.05) is 31.1 Å². The van der Waals surface area contributed by atoms with Gasteiger partial charge in [-0.1, -0.05) is 0 Å². The van der Waals surface area contributed by atoms with Crippen molar-refractivity contribution in [3.05, 3.63) is 30.0 Å². The van der Waals surface area contributed by atoms with E-state index in [0.29, 0.717) is 6.61 Å². The Hall–Kier alpha value is -2.14. The number of dihydropyridines is 1. The Morgan fingerprint density at radius 3 is 3.00 bits per heavy atom. The molecule has 2 aliphatic heterocycles. The van der Waals surface area contributed by atoms with Crippen LogP contribution in [0, 0.1) is 0 Å². The number of hydrogen-bond donors (Lipinski definition) is 1. The average molecular weight is 310 g/mol. The number of benzene rings is 1. The highest BCUT2D eigenvalue weighted by atomic mass is 16.5. The number of nitrogens with zero attached hydrogens (tertiary/aromatic N) is 3. The van der Waals surface area contributed by atoms with Crippen LogP contribution in [0.15, 0.2) is 29.3 Å². The van der Waals surface area contributed by atoms with E-state index in [1.54, 1.807) is 0 Å². The van der Waals surface area contributed by atoms with E-state index in [9.17, 15) is 0 Å². The van der Waals surface area contributed by atoms with Crippen molar-refractivity contribution in [3.63, 3.8) is 0 Å². The molecule has 23 heavy (non-hydrogen) atoms. The molecule has 0 spiro atoms. The van der Waals surface area contributed by atoms with Gasteiger partial charge in [0.2, 0.25) is 0 Å². The summed E-state index contributed by atoms with van der Waals surface area (Å²) in [6, 6.07) is 6.10. The Morgan fingerprint density at radius 1 is 1.30 bits per heavy atom. The normalized spacial score (nSPS) is 21.8. The highest BCUT2D eigenvalue weighted by Crippen LogP contribution is 2.31. The van der Waals surface area contributed by atoms with Crippen LogP contribution in [0.4, 0.5) is 0 Å². The lowest BCUT2D eigenvalue weighted by Crippen LogP contribution is -2.32. The van der Waals surface area contributed by atoms with Crippen molar-refractivity contribution in [2.75, 3.05) is 19.7 Å². The summed E-state index contributed by atoms with van der Waals surface area (Å²) >= 11 is 0. The van der Waals surface area contributed by atoms with Crippen molar-refractivity contribution >= 4 is 22.7 Å². The summed E-state index contributed by atoms with van der Waals surface area (Å²) in [6.45, 7) is 4.99. The molecule has 5 heteroatoms. The fourth-order valence-electron chi connectivity index (χ4n) is 3.48. The maximum absolute atomic E-state index is 5.63. The van der Waals surface area contributed by atoms with Gasteiger partial charge in [-0.25, -0.2) is 0 Å². The van der Waals surface area contributed by atoms with Crippen molar-refractivity contribution in [1.82, 2.24) is 15.1 Å². The Labute approximate surface area is 136 Å². The Morgan fingerprint density at radius 2 is 2.17 bits per heavy atom. The smallest absolute Gasteiger partial charge is 0.120 e. The number of aliphatic imine (C=N–C) groups is 1. The van der Waals surface area contributed by atoms with Gasteiger partial charge in [0.1, 0.15) is 11.9 Å². The van der Waals surface area contributed by atoms with Crippen LogP contribution in [0.1, 0.15) is 31.9 Å². The van der Waals surface area contributed by atoms with Gasteiger partial charge in [-0.15, -0.1) is 0 Å². The highest BCUT2D eigenvalue weighted by molar-refractivity contribution is 5.96. The largest absolute Gasteiger partial charge is 0.494 e. The Balaban J connectivity index is 1.64. The second kappa shape index (κ2) is 6.16. The number of aromatic amines is 1. The summed E-state index contributed by atoms with van der Waals surface area (Å²) in [5, 5.41) is 8.81. The highest BCUT2D eigenvalue weighted by Gasteiger charge is 2.25. The maximum atomic E-state index is 5.63. The summed E-state index contributed by atoms with van der Waals surface area (Å²) in [6.07, 6.45) is 7.79. The summed E-state index contributed by atoms with van der Waals surface area (Å²) < 4.78 is 5.63. The number of allylic oxidation sites excluding steroid dienone is 1. The van der Waals surface area contributed by atoms with Crippen LogP contribution in [0.2, 0.25) is 0 Å². The first-order chi connectivity index (χ1) is 11.3. The molecule has 1 aromatic heterocycles. The lowest BCUT2D eigenvalue weighted by Gasteiger charge is -2.26. The number of likely N-dealkylation sites (tertiary alicyclic amines) is 1. The molecule has 1 fully saturated rings. The van der Waals surface area contributed by atoms with Crippen LogP contribution in [0.3, 0.4) is 0 Å². The van der Waals surface area contributed by atoms with Crippen molar-refractivity contribution < 1.29 is 4.74 Å². The van der Waals surface area contributed by atoms with Crippen LogP contribution in [-0.4, -0.2) is 47.2 Å². The number of H-pyrrole nitrogens is 1. The first-order valence-corrected chi connectivity index (χ1v) is 8.43. The fraction of sp³-hybridized carbons (Fsp3) is 0.444. The lowest BCUT2D eigenvalue weighted by atomic mass is 10.0. The standard InChI is InChI=1S/C18H22N4O/c1-2-23-14-5-6-16-15(12-14)18(21-20-16)13-7-8-19-17(11-13)22-9-3-4-10-22/h5-8,12,17H,2-4,9-11H2,1H3,(H,20,21). The van der Waals surface area contributed by atoms with Gasteiger partial charge in [0.05, 0.1) is 17.8 Å². The van der Waals surface area contributed by atoms with Crippen LogP contribution in [0.25, 0.3) is 16.5 Å². The minimum Gasteiger partial charge on any atom is -0.494 e. The molecule has 1 atom stereocenters. The molecular weight excluding hydrogens is 288 g/mol. The maximum Gasteiger partial charge on any atom is 0.120 e. The summed E-state index contributed by atoms with van der Waals surface area (Å²) in [7, 11) is 0. The molecule has 5 nitrogen and oxygen atoms in total. The van der Waals surface area contributed by atoms with E-state index in [4.69, 9.17) is 4.74 Å². The summed E-state index contributed by atoms with van der Waals surface area (Å²) in [4.78, 5) is 7.14. The van der Waals surface area contributed by atoms with E-state index in [1.807, 2.05) is 25.3 Å². The Kier molecular flexibility index (Phi) is 3.87. The third kappa shape index (κ3) is 2.77. The number of aromatic nitrogens is 2. The molecule has 0 saturated carbocycles. The molecule has 120 valence electrons. The van der Waals surface area contributed by atoms with E-state index < -0.39 is 0 Å². The first kappa shape index (κ1) is 14.5. The molecule has 0 radical (unpaired) electrons. The zero-order valence-electron chi connectivity index (χ0n) is 13.5. The number of nitrogens with one attached hydrogen (secondary N) is 1. The molecule has 0 aliphatic carbocycles. The molecule has 0 amide bonds. The topological polar surface area (TPSA) is 53.5 Å². The van der Waals surface area contributed by atoms with E-state index in [0.717, 1.165) is 41.9 Å². The van der Waals surface area contributed by atoms with E-state index in [2.05, 4.69) is 32.2 Å². The van der Waals surface area contributed by atoms with Crippen LogP contribution < -0.4 is 4.74 Å². The molecule has 1 unspecified atom stereocenters. The third-order valence-electron chi connectivity index (χ3n) is 4.65. The quantitative estimate of drug-likeness (QED) is 0.943. The van der Waals surface area contributed by atoms with Crippen LogP contribution >= 0.6 is 0 Å². The van der Waals surface area contributed by atoms with Gasteiger partial charge < -0.3 is 4.74 Å². The molecule has 0 bridgehead atoms. The van der Waals surface area contributed by atoms with E-state index in [-0.39, 0.29) is 6.17 Å². The Bertz CT molecular complexity index is 755. The predicted molar refractivity (Wildman–Crippen MR) is 92.9 cm³/mol. The molecular formula is C18H22N4O. The number of ether oxygens (including phenoxy) is 1. The van der Waals surface area contributed by atoms with Crippen molar-refractivity contribution in [3.8, 4) is 5.75 Å². The minimum absolute atomic E-state index is 0.263. The minimum atomic E-state index is 0.263. The first-order valence-electron chi connectivity index (χ1n) is 8.43. The zero-order chi connectivity index (χ0) is 15.6. The second-order valence-corrected chi connectivity index (χ2v) is 6.13. The lowest BCUT2D eigenvalue weighted by molar-refractivity contribution is 0.253. The van der Waals surface area contributed by atoms with E-state index in [1.165, 1.54) is 18.4 Å². The summed E-state index contributed by atoms with van der Waals surface area (Å²) in [5.41, 5.74) is 3.32. The third-order valence-corrected chi connectivity index (χ3v) is 4.65. The molecule has 4 rings (SSSR count). The molecule has 1 saturated heterocycles. The zero-order valence-corrected chi connectivity index (χ0v) is 13.5. The fourth-order valence-corrected chi connectivity index (χ4v) is 3.48. The van der Waals surface area contributed by atoms with E-state index >= 15 is 0 Å². The SMILES string of the molecule is CCOc1ccc2[nH]nc(C3=CC=NC(N4CCCC4)C3)c2c1. The van der Waals surface area contributed by atoms with Crippen molar-refractivity contribution in [2.45, 2.75) is 32.4 Å². The number of fused-ring (bicyclic) bond motifs is 1. The monoisotopic (exact) mass is 310 g/mol. The predicted octanol–water partition coefficient (Wildman–Crippen LogP) is 3.24.